The van der Waals surface area contributed by atoms with Crippen molar-refractivity contribution in [1.29, 1.82) is 0 Å². The fraction of sp³-hybridized carbons (Fsp3) is 0.250. The number of carbonyl (C=O) groups excluding carboxylic acids is 2. The van der Waals surface area contributed by atoms with Gasteiger partial charge in [-0.3, -0.25) is 9.59 Å². The Labute approximate surface area is 122 Å². The molecule has 0 aromatic heterocycles. The number of carbonyl (C=O) groups is 2. The first-order chi connectivity index (χ1) is 10.0. The van der Waals surface area contributed by atoms with Crippen molar-refractivity contribution in [2.75, 3.05) is 20.2 Å². The van der Waals surface area contributed by atoms with Gasteiger partial charge in [0.15, 0.2) is 0 Å². The highest BCUT2D eigenvalue weighted by Crippen LogP contribution is 2.22. The van der Waals surface area contributed by atoms with Crippen molar-refractivity contribution < 1.29 is 18.7 Å². The maximum absolute atomic E-state index is 13.7. The summed E-state index contributed by atoms with van der Waals surface area (Å²) in [5.74, 6) is -1.20. The molecule has 0 heterocycles. The van der Waals surface area contributed by atoms with Crippen LogP contribution in [0.5, 0.6) is 0 Å². The molecule has 0 N–H and O–H groups in total. The van der Waals surface area contributed by atoms with E-state index in [1.807, 2.05) is 0 Å². The molecule has 0 aliphatic rings. The van der Waals surface area contributed by atoms with Gasteiger partial charge in [0.2, 0.25) is 0 Å². The van der Waals surface area contributed by atoms with Crippen molar-refractivity contribution >= 4 is 22.6 Å². The Morgan fingerprint density at radius 1 is 1.14 bits per heavy atom. The highest BCUT2D eigenvalue weighted by Gasteiger charge is 2.18. The lowest BCUT2D eigenvalue weighted by atomic mass is 10.0. The van der Waals surface area contributed by atoms with E-state index >= 15 is 0 Å². The van der Waals surface area contributed by atoms with Gasteiger partial charge in [-0.05, 0) is 24.4 Å². The normalized spacial score (nSPS) is 10.4. The summed E-state index contributed by atoms with van der Waals surface area (Å²) in [5.41, 5.74) is 0.360. The molecule has 21 heavy (non-hydrogen) atoms. The molecule has 0 unspecified atom stereocenters. The quantitative estimate of drug-likeness (QED) is 0.813. The number of fused-ring (bicyclic) bond motifs is 1. The first-order valence-corrected chi connectivity index (χ1v) is 6.63. The first-order valence-electron chi connectivity index (χ1n) is 6.63. The Morgan fingerprint density at radius 2 is 1.81 bits per heavy atom. The van der Waals surface area contributed by atoms with Crippen LogP contribution in [0.2, 0.25) is 0 Å². The monoisotopic (exact) mass is 289 g/mol. The van der Waals surface area contributed by atoms with Crippen molar-refractivity contribution in [3.8, 4) is 0 Å². The Hall–Kier alpha value is -2.43. The van der Waals surface area contributed by atoms with E-state index in [9.17, 15) is 14.0 Å². The summed E-state index contributed by atoms with van der Waals surface area (Å²) in [5, 5.41) is 0.908. The van der Waals surface area contributed by atoms with Crippen LogP contribution in [0.25, 0.3) is 10.8 Å². The van der Waals surface area contributed by atoms with Crippen LogP contribution in [0.3, 0.4) is 0 Å². The fourth-order valence-electron chi connectivity index (χ4n) is 2.13. The number of esters is 1. The zero-order valence-electron chi connectivity index (χ0n) is 11.9. The summed E-state index contributed by atoms with van der Waals surface area (Å²) in [7, 11) is 1.51. The maximum Gasteiger partial charge on any atom is 0.325 e. The molecule has 2 aromatic carbocycles. The SMILES string of the molecule is CCOC(=O)CN(C)C(=O)c1ccc(F)c2ccccc12. The zero-order valence-corrected chi connectivity index (χ0v) is 11.9. The van der Waals surface area contributed by atoms with Crippen molar-refractivity contribution in [2.45, 2.75) is 6.92 Å². The molecule has 0 radical (unpaired) electrons. The molecule has 0 aliphatic carbocycles. The van der Waals surface area contributed by atoms with E-state index in [1.54, 1.807) is 31.2 Å². The lowest BCUT2D eigenvalue weighted by Gasteiger charge is -2.17. The number of likely N-dealkylation sites (N-methyl/N-ethyl adjacent to an activating group) is 1. The fourth-order valence-corrected chi connectivity index (χ4v) is 2.13. The predicted octanol–water partition coefficient (Wildman–Crippen LogP) is 2.61. The Balaban J connectivity index is 2.31. The van der Waals surface area contributed by atoms with Gasteiger partial charge in [-0.25, -0.2) is 4.39 Å². The van der Waals surface area contributed by atoms with Gasteiger partial charge in [0, 0.05) is 18.0 Å². The van der Waals surface area contributed by atoms with Crippen LogP contribution in [0.15, 0.2) is 36.4 Å². The average Bonchev–Trinajstić information content (AvgIpc) is 2.47. The van der Waals surface area contributed by atoms with Crippen LogP contribution in [-0.2, 0) is 9.53 Å². The summed E-state index contributed by atoms with van der Waals surface area (Å²) in [6, 6.07) is 9.44. The number of hydrogen-bond acceptors (Lipinski definition) is 3. The number of halogens is 1. The second kappa shape index (κ2) is 6.35. The molecule has 0 atom stereocenters. The second-order valence-corrected chi connectivity index (χ2v) is 4.61. The third-order valence-corrected chi connectivity index (χ3v) is 3.12. The molecule has 2 rings (SSSR count). The van der Waals surface area contributed by atoms with Gasteiger partial charge in [0.05, 0.1) is 6.61 Å². The Bertz CT molecular complexity index is 684. The molecule has 0 saturated carbocycles. The number of nitrogens with zero attached hydrogens (tertiary/aromatic N) is 1. The maximum atomic E-state index is 13.7. The topological polar surface area (TPSA) is 46.6 Å². The molecule has 2 aromatic rings. The molecule has 1 amide bonds. The van der Waals surface area contributed by atoms with E-state index in [1.165, 1.54) is 24.1 Å². The zero-order chi connectivity index (χ0) is 15.4. The largest absolute Gasteiger partial charge is 0.465 e. The third kappa shape index (κ3) is 3.18. The van der Waals surface area contributed by atoms with Gasteiger partial charge in [-0.15, -0.1) is 0 Å². The first kappa shape index (κ1) is 15.0. The van der Waals surface area contributed by atoms with Gasteiger partial charge >= 0.3 is 5.97 Å². The molecule has 0 spiro atoms. The van der Waals surface area contributed by atoms with Crippen molar-refractivity contribution in [2.24, 2.45) is 0 Å². The molecule has 0 fully saturated rings. The van der Waals surface area contributed by atoms with E-state index in [0.717, 1.165) is 0 Å². The molecule has 5 heteroatoms. The van der Waals surface area contributed by atoms with Gasteiger partial charge in [0.1, 0.15) is 12.4 Å². The standard InChI is InChI=1S/C16H16FNO3/c1-3-21-15(19)10-18(2)16(20)13-8-9-14(17)12-7-5-4-6-11(12)13/h4-9H,3,10H2,1-2H3. The third-order valence-electron chi connectivity index (χ3n) is 3.12. The lowest BCUT2D eigenvalue weighted by molar-refractivity contribution is -0.143. The van der Waals surface area contributed by atoms with Crippen LogP contribution in [-0.4, -0.2) is 37.0 Å². The molecular formula is C16H16FNO3. The highest BCUT2D eigenvalue weighted by atomic mass is 19.1. The van der Waals surface area contributed by atoms with E-state index in [4.69, 9.17) is 4.74 Å². The number of amides is 1. The van der Waals surface area contributed by atoms with Crippen LogP contribution in [0.4, 0.5) is 4.39 Å². The smallest absolute Gasteiger partial charge is 0.325 e. The van der Waals surface area contributed by atoms with Crippen molar-refractivity contribution in [3.63, 3.8) is 0 Å². The van der Waals surface area contributed by atoms with Gasteiger partial charge < -0.3 is 9.64 Å². The summed E-state index contributed by atoms with van der Waals surface area (Å²) >= 11 is 0. The number of benzene rings is 2. The lowest BCUT2D eigenvalue weighted by Crippen LogP contribution is -2.33. The number of ether oxygens (including phenoxy) is 1. The van der Waals surface area contributed by atoms with E-state index < -0.39 is 5.97 Å². The summed E-state index contributed by atoms with van der Waals surface area (Å²) in [6.45, 7) is 1.83. The Morgan fingerprint density at radius 3 is 2.48 bits per heavy atom. The summed E-state index contributed by atoms with van der Waals surface area (Å²) in [4.78, 5) is 25.1. The molecule has 0 bridgehead atoms. The molecular weight excluding hydrogens is 273 g/mol. The summed E-state index contributed by atoms with van der Waals surface area (Å²) in [6.07, 6.45) is 0. The van der Waals surface area contributed by atoms with Crippen LogP contribution in [0.1, 0.15) is 17.3 Å². The number of rotatable bonds is 4. The highest BCUT2D eigenvalue weighted by molar-refractivity contribution is 6.07. The van der Waals surface area contributed by atoms with E-state index in [0.29, 0.717) is 16.3 Å². The van der Waals surface area contributed by atoms with Gasteiger partial charge in [-0.2, -0.15) is 0 Å². The minimum atomic E-state index is -0.472. The van der Waals surface area contributed by atoms with Crippen LogP contribution < -0.4 is 0 Å². The molecule has 4 nitrogen and oxygen atoms in total. The van der Waals surface area contributed by atoms with E-state index in [-0.39, 0.29) is 24.9 Å². The predicted molar refractivity (Wildman–Crippen MR) is 77.5 cm³/mol. The van der Waals surface area contributed by atoms with Gasteiger partial charge in [0.25, 0.3) is 5.91 Å². The average molecular weight is 289 g/mol. The number of hydrogen-bond donors (Lipinski definition) is 0. The molecule has 0 saturated heterocycles. The van der Waals surface area contributed by atoms with Gasteiger partial charge in [-0.1, -0.05) is 24.3 Å². The minimum absolute atomic E-state index is 0.140. The second-order valence-electron chi connectivity index (χ2n) is 4.61. The van der Waals surface area contributed by atoms with Crippen LogP contribution >= 0.6 is 0 Å². The van der Waals surface area contributed by atoms with E-state index in [2.05, 4.69) is 0 Å². The van der Waals surface area contributed by atoms with Crippen molar-refractivity contribution in [1.82, 2.24) is 4.90 Å². The summed E-state index contributed by atoms with van der Waals surface area (Å²) < 4.78 is 18.6. The van der Waals surface area contributed by atoms with Crippen molar-refractivity contribution in [3.05, 3.63) is 47.8 Å². The Kier molecular flexibility index (Phi) is 4.52. The van der Waals surface area contributed by atoms with Crippen LogP contribution in [0, 0.1) is 5.82 Å². The molecule has 110 valence electrons. The molecule has 0 aliphatic heterocycles. The minimum Gasteiger partial charge on any atom is -0.465 e.